The zero-order valence-electron chi connectivity index (χ0n) is 21.1. The highest BCUT2D eigenvalue weighted by molar-refractivity contribution is 8.03. The summed E-state index contributed by atoms with van der Waals surface area (Å²) < 4.78 is 1.87. The second kappa shape index (κ2) is 15.6. The highest BCUT2D eigenvalue weighted by atomic mass is 32.2. The Balaban J connectivity index is 0.000000251. The van der Waals surface area contributed by atoms with E-state index in [0.29, 0.717) is 5.70 Å². The molecule has 0 aliphatic rings. The topological polar surface area (TPSA) is 94.2 Å². The average Bonchev–Trinajstić information content (AvgIpc) is 3.41. The van der Waals surface area contributed by atoms with Crippen molar-refractivity contribution >= 4 is 24.2 Å². The fraction of sp³-hybridized carbons (Fsp3) is 0.286. The van der Waals surface area contributed by atoms with Crippen LogP contribution in [0.5, 0.6) is 0 Å². The highest BCUT2D eigenvalue weighted by Gasteiger charge is 2.04. The van der Waals surface area contributed by atoms with Crippen molar-refractivity contribution in [3.8, 4) is 5.69 Å². The van der Waals surface area contributed by atoms with Gasteiger partial charge in [0.15, 0.2) is 0 Å². The van der Waals surface area contributed by atoms with Crippen LogP contribution in [0.15, 0.2) is 83.2 Å². The van der Waals surface area contributed by atoms with Crippen molar-refractivity contribution in [3.05, 3.63) is 100 Å². The van der Waals surface area contributed by atoms with E-state index in [1.807, 2.05) is 29.2 Å². The Morgan fingerprint density at radius 2 is 1.97 bits per heavy atom. The molecule has 0 fully saturated rings. The van der Waals surface area contributed by atoms with Crippen molar-refractivity contribution in [1.82, 2.24) is 15.2 Å². The Hall–Kier alpha value is -3.29. The van der Waals surface area contributed by atoms with Gasteiger partial charge >= 0.3 is 0 Å². The minimum absolute atomic E-state index is 0.667. The third kappa shape index (κ3) is 9.11. The van der Waals surface area contributed by atoms with Crippen molar-refractivity contribution in [2.24, 2.45) is 16.6 Å². The Bertz CT molecular complexity index is 1100. The fourth-order valence-corrected chi connectivity index (χ4v) is 4.46. The van der Waals surface area contributed by atoms with E-state index in [2.05, 4.69) is 79.4 Å². The van der Waals surface area contributed by atoms with Crippen molar-refractivity contribution in [3.63, 3.8) is 0 Å². The zero-order chi connectivity index (χ0) is 25.5. The van der Waals surface area contributed by atoms with Gasteiger partial charge in [0, 0.05) is 36.1 Å². The summed E-state index contributed by atoms with van der Waals surface area (Å²) in [6.45, 7) is 10.0. The van der Waals surface area contributed by atoms with Crippen LogP contribution >= 0.6 is 11.8 Å². The quantitative estimate of drug-likeness (QED) is 0.184. The maximum absolute atomic E-state index is 5.87. The monoisotopic (exact) mass is 490 g/mol. The number of hydrogen-bond acceptors (Lipinski definition) is 6. The van der Waals surface area contributed by atoms with Gasteiger partial charge in [-0.25, -0.2) is 4.68 Å². The van der Waals surface area contributed by atoms with E-state index >= 15 is 0 Å². The summed E-state index contributed by atoms with van der Waals surface area (Å²) in [5, 5.41) is 4.25. The second-order valence-electron chi connectivity index (χ2n) is 7.86. The van der Waals surface area contributed by atoms with Gasteiger partial charge in [0.25, 0.3) is 0 Å². The summed E-state index contributed by atoms with van der Waals surface area (Å²) in [7, 11) is 0. The van der Waals surface area contributed by atoms with Crippen LogP contribution in [0.2, 0.25) is 0 Å². The van der Waals surface area contributed by atoms with Gasteiger partial charge in [-0.05, 0) is 71.8 Å². The third-order valence-corrected chi connectivity index (χ3v) is 6.21. The summed E-state index contributed by atoms with van der Waals surface area (Å²) in [5.41, 5.74) is 15.1. The van der Waals surface area contributed by atoms with Gasteiger partial charge in [0.05, 0.1) is 11.4 Å². The number of nitrogens with zero attached hydrogens (tertiary/aromatic N) is 3. The smallest absolute Gasteiger partial charge is 0.0648 e. The van der Waals surface area contributed by atoms with Crippen molar-refractivity contribution in [1.29, 1.82) is 0 Å². The number of allylic oxidation sites excluding steroid dienone is 1. The highest BCUT2D eigenvalue weighted by Crippen LogP contribution is 2.22. The number of nitrogens with one attached hydrogen (secondary N) is 1. The first-order valence-corrected chi connectivity index (χ1v) is 12.9. The first-order chi connectivity index (χ1) is 17.1. The number of hydrazine groups is 1. The van der Waals surface area contributed by atoms with Crippen LogP contribution < -0.4 is 17.0 Å². The molecule has 0 saturated carbocycles. The summed E-state index contributed by atoms with van der Waals surface area (Å²) >= 11 is 1.80. The van der Waals surface area contributed by atoms with Gasteiger partial charge in [0.2, 0.25) is 0 Å². The van der Waals surface area contributed by atoms with E-state index in [0.717, 1.165) is 36.3 Å². The molecule has 0 aliphatic carbocycles. The Labute approximate surface area is 214 Å². The molecule has 3 aromatic rings. The Morgan fingerprint density at radius 1 is 1.14 bits per heavy atom. The molecule has 1 heterocycles. The lowest BCUT2D eigenvalue weighted by atomic mass is 9.98. The van der Waals surface area contributed by atoms with Gasteiger partial charge in [-0.3, -0.25) is 10.8 Å². The van der Waals surface area contributed by atoms with Gasteiger partial charge in [-0.2, -0.15) is 5.10 Å². The van der Waals surface area contributed by atoms with Crippen molar-refractivity contribution in [2.75, 3.05) is 5.75 Å². The molecule has 0 amide bonds. The lowest BCUT2D eigenvalue weighted by Crippen LogP contribution is -2.16. The molecular weight excluding hydrogens is 452 g/mol. The fourth-order valence-electron chi connectivity index (χ4n) is 3.67. The number of nitrogens with two attached hydrogens (primary N) is 2. The maximum Gasteiger partial charge on any atom is 0.0648 e. The van der Waals surface area contributed by atoms with Crippen LogP contribution in [0, 0.1) is 0 Å². The standard InChI is InChI=1S/C15H17N3S.C13H21N3/c1-3-19-15(12-16-2)11-13-6-4-7-14(10-13)18-9-5-8-17-18;1-3-5-11-6-7-12(8-10(11)4-2)13(14)9-16-15/h4-10,12H,2-3,11H2,1H3;6-9,16H,3-5,14-15H2,1-2H3/b15-12-;13-9-. The largest absolute Gasteiger partial charge is 0.397 e. The molecule has 0 spiro atoms. The Morgan fingerprint density at radius 3 is 2.60 bits per heavy atom. The summed E-state index contributed by atoms with van der Waals surface area (Å²) in [6, 6.07) is 16.7. The molecule has 0 unspecified atom stereocenters. The zero-order valence-corrected chi connectivity index (χ0v) is 21.9. The predicted molar refractivity (Wildman–Crippen MR) is 152 cm³/mol. The van der Waals surface area contributed by atoms with E-state index in [1.54, 1.807) is 24.2 Å². The molecule has 6 nitrogen and oxygen atoms in total. The van der Waals surface area contributed by atoms with Crippen LogP contribution in [-0.2, 0) is 19.3 Å². The van der Waals surface area contributed by atoms with Gasteiger partial charge in [-0.1, -0.05) is 51.5 Å². The molecule has 35 heavy (non-hydrogen) atoms. The molecule has 1 aromatic heterocycles. The number of rotatable bonds is 11. The van der Waals surface area contributed by atoms with E-state index in [1.165, 1.54) is 28.0 Å². The molecule has 7 heteroatoms. The summed E-state index contributed by atoms with van der Waals surface area (Å²) in [4.78, 5) is 5.10. The van der Waals surface area contributed by atoms with Crippen LogP contribution in [0.25, 0.3) is 11.4 Å². The van der Waals surface area contributed by atoms with E-state index in [9.17, 15) is 0 Å². The van der Waals surface area contributed by atoms with Crippen LogP contribution in [0.1, 0.15) is 49.4 Å². The van der Waals surface area contributed by atoms with E-state index < -0.39 is 0 Å². The molecule has 186 valence electrons. The first-order valence-electron chi connectivity index (χ1n) is 12.0. The average molecular weight is 491 g/mol. The van der Waals surface area contributed by atoms with Gasteiger partial charge < -0.3 is 11.2 Å². The summed E-state index contributed by atoms with van der Waals surface area (Å²) in [5.74, 6) is 6.25. The molecule has 0 bridgehead atoms. The first kappa shape index (κ1) is 28.0. The van der Waals surface area contributed by atoms with Crippen molar-refractivity contribution < 1.29 is 0 Å². The molecule has 0 aliphatic heterocycles. The number of aliphatic imine (C=N–C) groups is 1. The van der Waals surface area contributed by atoms with E-state index in [-0.39, 0.29) is 0 Å². The normalized spacial score (nSPS) is 11.5. The lowest BCUT2D eigenvalue weighted by Gasteiger charge is -2.10. The number of aryl methyl sites for hydroxylation is 2. The number of aromatic nitrogens is 2. The van der Waals surface area contributed by atoms with E-state index in [4.69, 9.17) is 11.6 Å². The van der Waals surface area contributed by atoms with Gasteiger partial charge in [0.1, 0.15) is 0 Å². The lowest BCUT2D eigenvalue weighted by molar-refractivity contribution is 0.878. The molecule has 0 saturated heterocycles. The molecule has 0 radical (unpaired) electrons. The number of hydrogen-bond donors (Lipinski definition) is 3. The third-order valence-electron chi connectivity index (χ3n) is 5.30. The molecule has 3 rings (SSSR count). The number of thioether (sulfide) groups is 1. The minimum Gasteiger partial charge on any atom is -0.397 e. The second-order valence-corrected chi connectivity index (χ2v) is 9.25. The SMILES string of the molecule is C=N/C=C(/Cc1cccc(-n2cccn2)c1)SCC.CCCc1ccc(/C(N)=C/NN)cc1CC. The molecular formula is C28H38N6S. The van der Waals surface area contributed by atoms with Crippen LogP contribution in [0.4, 0.5) is 0 Å². The maximum atomic E-state index is 5.87. The minimum atomic E-state index is 0.667. The van der Waals surface area contributed by atoms with Gasteiger partial charge in [-0.15, -0.1) is 11.8 Å². The van der Waals surface area contributed by atoms with Crippen LogP contribution in [0.3, 0.4) is 0 Å². The molecule has 2 aromatic carbocycles. The summed E-state index contributed by atoms with van der Waals surface area (Å²) in [6.07, 6.45) is 11.4. The number of benzene rings is 2. The van der Waals surface area contributed by atoms with Crippen LogP contribution in [-0.4, -0.2) is 22.3 Å². The molecule has 0 atom stereocenters. The Kier molecular flexibility index (Phi) is 12.4. The van der Waals surface area contributed by atoms with Crippen molar-refractivity contribution in [2.45, 2.75) is 46.5 Å². The molecule has 5 N–H and O–H groups in total. The predicted octanol–water partition coefficient (Wildman–Crippen LogP) is 5.63.